The van der Waals surface area contributed by atoms with E-state index in [9.17, 15) is 28.3 Å². The summed E-state index contributed by atoms with van der Waals surface area (Å²) in [5.74, 6) is 2.57. The lowest BCUT2D eigenvalue weighted by molar-refractivity contribution is -0.326. The molecule has 0 bridgehead atoms. The average Bonchev–Trinajstić information content (AvgIpc) is 3.41. The Balaban J connectivity index is 1.11. The Bertz CT molecular complexity index is 1220. The monoisotopic (exact) mass is 658 g/mol. The minimum Gasteiger partial charge on any atom is -0.393 e. The van der Waals surface area contributed by atoms with Crippen LogP contribution in [0.5, 0.6) is 0 Å². The van der Waals surface area contributed by atoms with E-state index in [0.29, 0.717) is 48.3 Å². The van der Waals surface area contributed by atoms with E-state index in [1.807, 2.05) is 0 Å². The lowest BCUT2D eigenvalue weighted by atomic mass is 9.43. The molecule has 45 heavy (non-hydrogen) atoms. The van der Waals surface area contributed by atoms with Crippen LogP contribution >= 0.6 is 0 Å². The van der Waals surface area contributed by atoms with Crippen molar-refractivity contribution in [3.63, 3.8) is 0 Å². The quantitative estimate of drug-likeness (QED) is 0.328. The molecule has 4 saturated carbocycles. The summed E-state index contributed by atoms with van der Waals surface area (Å²) >= 11 is 0. The van der Waals surface area contributed by atoms with Gasteiger partial charge in [0.1, 0.15) is 18.3 Å². The molecule has 7 rings (SSSR count). The zero-order chi connectivity index (χ0) is 32.3. The van der Waals surface area contributed by atoms with Crippen molar-refractivity contribution in [1.82, 2.24) is 0 Å². The van der Waals surface area contributed by atoms with Crippen molar-refractivity contribution >= 4 is 10.4 Å². The summed E-state index contributed by atoms with van der Waals surface area (Å²) < 4.78 is 62.4. The maximum Gasteiger partial charge on any atom is 0.397 e. The molecule has 0 aromatic carbocycles. The first kappa shape index (κ1) is 33.1. The van der Waals surface area contributed by atoms with Gasteiger partial charge >= 0.3 is 10.4 Å². The standard InChI is InChI=1S/C33H54O11S/c1-16-8-11-33(40-15-16)17(2)26-24(43-33)14-23-21-7-6-19-12-20(34)13-25(32(19,5)22(21)9-10-31(23,26)4)42-30-28(36)27(35)29(18(3)41-30)44-45(37,38)39/h16-30,34-36H,6-15H2,1-5H3,(H,37,38,39)/t16?,17-,18-,19?,20?,21+,22-,23-,24-,25?,26-,27-,28-,29+,30+,31-,32-,33+/m0/s1. The molecule has 0 radical (unpaired) electrons. The maximum absolute atomic E-state index is 11.4. The van der Waals surface area contributed by atoms with Crippen LogP contribution in [-0.2, 0) is 33.5 Å². The Hall–Kier alpha value is -0.410. The van der Waals surface area contributed by atoms with E-state index in [1.165, 1.54) is 6.92 Å². The minimum atomic E-state index is -4.88. The zero-order valence-corrected chi connectivity index (χ0v) is 28.1. The highest BCUT2D eigenvalue weighted by Gasteiger charge is 2.70. The highest BCUT2D eigenvalue weighted by molar-refractivity contribution is 7.80. The molecule has 4 N–H and O–H groups in total. The topological polar surface area (TPSA) is 161 Å². The molecule has 4 unspecified atom stereocenters. The van der Waals surface area contributed by atoms with Crippen molar-refractivity contribution in [2.24, 2.45) is 52.3 Å². The molecule has 3 saturated heterocycles. The van der Waals surface area contributed by atoms with Gasteiger partial charge in [-0.15, -0.1) is 0 Å². The predicted molar refractivity (Wildman–Crippen MR) is 161 cm³/mol. The number of hydrogen-bond acceptors (Lipinski definition) is 10. The van der Waals surface area contributed by atoms with E-state index in [4.69, 9.17) is 18.9 Å². The van der Waals surface area contributed by atoms with E-state index in [1.54, 1.807) is 0 Å². The Morgan fingerprint density at radius 2 is 1.64 bits per heavy atom. The van der Waals surface area contributed by atoms with E-state index in [-0.39, 0.29) is 22.9 Å². The second-order valence-electron chi connectivity index (χ2n) is 16.5. The first-order valence-electron chi connectivity index (χ1n) is 17.4. The first-order chi connectivity index (χ1) is 21.1. The van der Waals surface area contributed by atoms with Crippen LogP contribution in [0.4, 0.5) is 0 Å². The molecular weight excluding hydrogens is 604 g/mol. The molecule has 0 aromatic rings. The van der Waals surface area contributed by atoms with Gasteiger partial charge < -0.3 is 34.3 Å². The summed E-state index contributed by atoms with van der Waals surface area (Å²) in [6, 6.07) is 0. The lowest BCUT2D eigenvalue weighted by Gasteiger charge is -2.63. The third-order valence-electron chi connectivity index (χ3n) is 14.3. The van der Waals surface area contributed by atoms with Gasteiger partial charge in [-0.05, 0) is 98.2 Å². The molecule has 11 nitrogen and oxygen atoms in total. The molecular formula is C33H54O11S. The molecule has 12 heteroatoms. The second kappa shape index (κ2) is 11.3. The van der Waals surface area contributed by atoms with Crippen LogP contribution in [-0.4, -0.2) is 89.7 Å². The summed E-state index contributed by atoms with van der Waals surface area (Å²) in [5, 5.41) is 32.7. The van der Waals surface area contributed by atoms with Gasteiger partial charge in [0.25, 0.3) is 0 Å². The van der Waals surface area contributed by atoms with E-state index in [0.717, 1.165) is 51.6 Å². The van der Waals surface area contributed by atoms with Crippen LogP contribution in [0, 0.1) is 52.3 Å². The largest absolute Gasteiger partial charge is 0.397 e. The first-order valence-corrected chi connectivity index (χ1v) is 18.8. The predicted octanol–water partition coefficient (Wildman–Crippen LogP) is 3.44. The van der Waals surface area contributed by atoms with Gasteiger partial charge in [0.2, 0.25) is 0 Å². The molecule has 0 amide bonds. The third kappa shape index (κ3) is 5.18. The molecule has 18 atom stereocenters. The molecule has 1 spiro atoms. The fraction of sp³-hybridized carbons (Fsp3) is 1.00. The van der Waals surface area contributed by atoms with E-state index >= 15 is 0 Å². The summed E-state index contributed by atoms with van der Waals surface area (Å²) in [7, 11) is -4.88. The van der Waals surface area contributed by atoms with Crippen molar-refractivity contribution < 1.29 is 51.4 Å². The Morgan fingerprint density at radius 1 is 0.889 bits per heavy atom. The molecule has 3 aliphatic heterocycles. The van der Waals surface area contributed by atoms with Crippen molar-refractivity contribution in [2.75, 3.05) is 6.61 Å². The van der Waals surface area contributed by atoms with Gasteiger partial charge in [-0.3, -0.25) is 4.55 Å². The Labute approximate surface area is 267 Å². The second-order valence-corrected chi connectivity index (χ2v) is 17.5. The Kier molecular flexibility index (Phi) is 8.32. The zero-order valence-electron chi connectivity index (χ0n) is 27.3. The number of fused-ring (bicyclic) bond motifs is 7. The highest BCUT2D eigenvalue weighted by atomic mass is 32.3. The molecule has 4 aliphatic carbocycles. The number of rotatable bonds is 4. The normalized spacial score (nSPS) is 58.0. The molecule has 3 heterocycles. The SMILES string of the molecule is CC1CC[C@@]2(OC1)O[C@H]1C[C@H]3[C@@H]4CCC5CC(O)CC(O[C@H]6O[C@@H](C)[C@@H](OS(=O)(=O)O)[C@@H](O)[C@@H]6O)[C@]5(C)[C@H]4CC[C@]3(C)[C@H]1[C@@H]2C. The van der Waals surface area contributed by atoms with E-state index < -0.39 is 59.1 Å². The number of ether oxygens (including phenoxy) is 4. The summed E-state index contributed by atoms with van der Waals surface area (Å²) in [6.45, 7) is 11.7. The number of aliphatic hydroxyl groups is 3. The average molecular weight is 659 g/mol. The molecule has 258 valence electrons. The van der Waals surface area contributed by atoms with Crippen molar-refractivity contribution in [3.05, 3.63) is 0 Å². The number of aliphatic hydroxyl groups excluding tert-OH is 3. The van der Waals surface area contributed by atoms with Crippen LogP contribution in [0.15, 0.2) is 0 Å². The smallest absolute Gasteiger partial charge is 0.393 e. The van der Waals surface area contributed by atoms with Gasteiger partial charge in [-0.2, -0.15) is 8.42 Å². The summed E-state index contributed by atoms with van der Waals surface area (Å²) in [5.41, 5.74) is -0.115. The van der Waals surface area contributed by atoms with E-state index in [2.05, 4.69) is 31.9 Å². The van der Waals surface area contributed by atoms with Gasteiger partial charge in [-0.1, -0.05) is 27.7 Å². The fourth-order valence-corrected chi connectivity index (χ4v) is 12.6. The molecule has 7 aliphatic rings. The molecule has 7 fully saturated rings. The maximum atomic E-state index is 11.4. The van der Waals surface area contributed by atoms with Crippen molar-refractivity contribution in [3.8, 4) is 0 Å². The Morgan fingerprint density at radius 3 is 2.33 bits per heavy atom. The van der Waals surface area contributed by atoms with Crippen LogP contribution in [0.1, 0.15) is 92.4 Å². The van der Waals surface area contributed by atoms with Crippen LogP contribution in [0.3, 0.4) is 0 Å². The highest BCUT2D eigenvalue weighted by Crippen LogP contribution is 2.71. The van der Waals surface area contributed by atoms with Crippen LogP contribution in [0.2, 0.25) is 0 Å². The fourth-order valence-electron chi connectivity index (χ4n) is 12.0. The van der Waals surface area contributed by atoms with Gasteiger partial charge in [0.05, 0.1) is 31.0 Å². The lowest BCUT2D eigenvalue weighted by Crippen LogP contribution is -2.63. The van der Waals surface area contributed by atoms with Crippen molar-refractivity contribution in [1.29, 1.82) is 0 Å². The van der Waals surface area contributed by atoms with Gasteiger partial charge in [-0.25, -0.2) is 4.18 Å². The van der Waals surface area contributed by atoms with Crippen LogP contribution in [0.25, 0.3) is 0 Å². The molecule has 0 aromatic heterocycles. The third-order valence-corrected chi connectivity index (χ3v) is 14.7. The van der Waals surface area contributed by atoms with Crippen molar-refractivity contribution in [2.45, 2.75) is 147 Å². The number of hydrogen-bond donors (Lipinski definition) is 4. The minimum absolute atomic E-state index is 0.166. The van der Waals surface area contributed by atoms with Gasteiger partial charge in [0.15, 0.2) is 12.1 Å². The summed E-state index contributed by atoms with van der Waals surface area (Å²) in [6.07, 6.45) is 0.783. The van der Waals surface area contributed by atoms with Gasteiger partial charge in [0, 0.05) is 18.8 Å². The summed E-state index contributed by atoms with van der Waals surface area (Å²) in [4.78, 5) is 0. The van der Waals surface area contributed by atoms with Crippen LogP contribution < -0.4 is 0 Å².